The molecule has 0 heterocycles. The predicted molar refractivity (Wildman–Crippen MR) is 86.0 cm³/mol. The van der Waals surface area contributed by atoms with Gasteiger partial charge in [-0.05, 0) is 25.3 Å². The van der Waals surface area contributed by atoms with Crippen LogP contribution in [0.1, 0.15) is 67.8 Å². The van der Waals surface area contributed by atoms with Crippen molar-refractivity contribution in [2.24, 2.45) is 0 Å². The number of halogens is 3. The Morgan fingerprint density at radius 1 is 1.17 bits per heavy atom. The molecule has 1 aromatic carbocycles. The normalized spacial score (nSPS) is 15.8. The first-order chi connectivity index (χ1) is 11.2. The van der Waals surface area contributed by atoms with Crippen LogP contribution >= 0.6 is 0 Å². The van der Waals surface area contributed by atoms with E-state index in [0.29, 0.717) is 6.42 Å². The fraction of sp³-hybridized carbons (Fsp3) is 0.611. The maximum absolute atomic E-state index is 12.8. The summed E-state index contributed by atoms with van der Waals surface area (Å²) in [6.45, 7) is 3.52. The first kappa shape index (κ1) is 20.6. The number of hydrogen-bond donors (Lipinski definition) is 2. The molecule has 24 heavy (non-hydrogen) atoms. The van der Waals surface area contributed by atoms with Crippen LogP contribution in [0.2, 0.25) is 0 Å². The molecule has 0 bridgehead atoms. The van der Waals surface area contributed by atoms with E-state index in [9.17, 15) is 28.2 Å². The van der Waals surface area contributed by atoms with Crippen LogP contribution in [0.5, 0.6) is 0 Å². The van der Waals surface area contributed by atoms with Crippen molar-refractivity contribution in [2.75, 3.05) is 0 Å². The van der Waals surface area contributed by atoms with Gasteiger partial charge in [0.15, 0.2) is 0 Å². The third-order valence-electron chi connectivity index (χ3n) is 4.03. The van der Waals surface area contributed by atoms with E-state index in [0.717, 1.165) is 25.3 Å². The molecule has 0 saturated carbocycles. The van der Waals surface area contributed by atoms with Crippen molar-refractivity contribution in [1.82, 2.24) is 0 Å². The molecular formula is C18H25F3O3. The Bertz CT molecular complexity index is 526. The maximum Gasteiger partial charge on any atom is 0.454 e. The van der Waals surface area contributed by atoms with E-state index in [-0.39, 0.29) is 12.0 Å². The summed E-state index contributed by atoms with van der Waals surface area (Å²) < 4.78 is 38.5. The third kappa shape index (κ3) is 5.91. The van der Waals surface area contributed by atoms with Gasteiger partial charge in [-0.2, -0.15) is 13.2 Å². The first-order valence-corrected chi connectivity index (χ1v) is 8.25. The molecule has 0 aromatic heterocycles. The summed E-state index contributed by atoms with van der Waals surface area (Å²) in [7, 11) is 0. The van der Waals surface area contributed by atoms with Gasteiger partial charge in [0.2, 0.25) is 0 Å². The summed E-state index contributed by atoms with van der Waals surface area (Å²) in [5, 5.41) is 19.9. The lowest BCUT2D eigenvalue weighted by Gasteiger charge is -2.26. The lowest BCUT2D eigenvalue weighted by Crippen LogP contribution is -2.28. The SMILES string of the molecule is CCCCCC(c1ccccc1C(=O)C(F)(F)F)C(O)CC(C)O. The number of Topliss-reactive ketones (excluding diaryl/α,β-unsaturated/α-hetero) is 1. The van der Waals surface area contributed by atoms with Crippen molar-refractivity contribution in [3.05, 3.63) is 35.4 Å². The second-order valence-electron chi connectivity index (χ2n) is 6.17. The minimum atomic E-state index is -4.96. The zero-order valence-corrected chi connectivity index (χ0v) is 14.0. The van der Waals surface area contributed by atoms with Gasteiger partial charge in [0.05, 0.1) is 12.2 Å². The fourth-order valence-corrected chi connectivity index (χ4v) is 2.86. The number of benzene rings is 1. The summed E-state index contributed by atoms with van der Waals surface area (Å²) in [5.74, 6) is -2.52. The molecule has 0 aliphatic rings. The summed E-state index contributed by atoms with van der Waals surface area (Å²) in [4.78, 5) is 11.7. The highest BCUT2D eigenvalue weighted by molar-refractivity contribution is 6.01. The molecule has 1 aromatic rings. The molecule has 0 spiro atoms. The third-order valence-corrected chi connectivity index (χ3v) is 4.03. The minimum Gasteiger partial charge on any atom is -0.393 e. The van der Waals surface area contributed by atoms with Crippen LogP contribution in [0.4, 0.5) is 13.2 Å². The van der Waals surface area contributed by atoms with Crippen LogP contribution in [0.25, 0.3) is 0 Å². The van der Waals surface area contributed by atoms with E-state index in [2.05, 4.69) is 0 Å². The molecule has 0 aliphatic heterocycles. The molecule has 0 saturated heterocycles. The quantitative estimate of drug-likeness (QED) is 0.520. The second kappa shape index (κ2) is 9.18. The van der Waals surface area contributed by atoms with E-state index in [1.807, 2.05) is 6.92 Å². The molecule has 0 radical (unpaired) electrons. The van der Waals surface area contributed by atoms with Gasteiger partial charge in [-0.15, -0.1) is 0 Å². The van der Waals surface area contributed by atoms with Gasteiger partial charge in [-0.1, -0.05) is 50.5 Å². The number of rotatable bonds is 9. The molecule has 3 atom stereocenters. The zero-order chi connectivity index (χ0) is 18.3. The number of alkyl halides is 3. The summed E-state index contributed by atoms with van der Waals surface area (Å²) >= 11 is 0. The van der Waals surface area contributed by atoms with E-state index >= 15 is 0 Å². The molecule has 0 aliphatic carbocycles. The topological polar surface area (TPSA) is 57.5 Å². The van der Waals surface area contributed by atoms with E-state index < -0.39 is 35.6 Å². The van der Waals surface area contributed by atoms with Gasteiger partial charge >= 0.3 is 6.18 Å². The van der Waals surface area contributed by atoms with Gasteiger partial charge in [-0.25, -0.2) is 0 Å². The molecule has 0 amide bonds. The van der Waals surface area contributed by atoms with Gasteiger partial charge in [0, 0.05) is 11.5 Å². The number of carbonyl (C=O) groups excluding carboxylic acids is 1. The predicted octanol–water partition coefficient (Wildman–Crippen LogP) is 4.23. The van der Waals surface area contributed by atoms with Crippen molar-refractivity contribution in [2.45, 2.75) is 70.3 Å². The Labute approximate surface area is 140 Å². The highest BCUT2D eigenvalue weighted by atomic mass is 19.4. The van der Waals surface area contributed by atoms with Crippen LogP contribution in [-0.4, -0.2) is 34.4 Å². The van der Waals surface area contributed by atoms with E-state index in [1.54, 1.807) is 6.07 Å². The fourth-order valence-electron chi connectivity index (χ4n) is 2.86. The smallest absolute Gasteiger partial charge is 0.393 e. The average Bonchev–Trinajstić information content (AvgIpc) is 2.49. The second-order valence-corrected chi connectivity index (χ2v) is 6.17. The lowest BCUT2D eigenvalue weighted by molar-refractivity contribution is -0.0886. The van der Waals surface area contributed by atoms with Gasteiger partial charge < -0.3 is 10.2 Å². The van der Waals surface area contributed by atoms with Crippen LogP contribution in [0.3, 0.4) is 0 Å². The number of unbranched alkanes of at least 4 members (excludes halogenated alkanes) is 2. The molecule has 3 nitrogen and oxygen atoms in total. The minimum absolute atomic E-state index is 0.0470. The molecular weight excluding hydrogens is 321 g/mol. The molecule has 3 unspecified atom stereocenters. The van der Waals surface area contributed by atoms with Crippen LogP contribution in [-0.2, 0) is 0 Å². The monoisotopic (exact) mass is 346 g/mol. The van der Waals surface area contributed by atoms with E-state index in [1.165, 1.54) is 19.1 Å². The molecule has 2 N–H and O–H groups in total. The van der Waals surface area contributed by atoms with Crippen molar-refractivity contribution < 1.29 is 28.2 Å². The largest absolute Gasteiger partial charge is 0.454 e. The molecule has 136 valence electrons. The molecule has 6 heteroatoms. The van der Waals surface area contributed by atoms with Crippen molar-refractivity contribution in [3.8, 4) is 0 Å². The number of ketones is 1. The van der Waals surface area contributed by atoms with Gasteiger partial charge in [-0.3, -0.25) is 4.79 Å². The Hall–Kier alpha value is -1.40. The number of aliphatic hydroxyl groups excluding tert-OH is 2. The number of carbonyl (C=O) groups is 1. The summed E-state index contributed by atoms with van der Waals surface area (Å²) in [6.07, 6.45) is -3.69. The highest BCUT2D eigenvalue weighted by Gasteiger charge is 2.41. The first-order valence-electron chi connectivity index (χ1n) is 8.25. The molecule has 0 fully saturated rings. The standard InChI is InChI=1S/C18H25F3O3/c1-3-4-5-9-14(16(23)11-12(2)22)13-8-6-7-10-15(13)17(24)18(19,20)21/h6-8,10,12,14,16,22-23H,3-5,9,11H2,1-2H3. The molecule has 1 rings (SSSR count). The maximum atomic E-state index is 12.8. The Balaban J connectivity index is 3.19. The van der Waals surface area contributed by atoms with Crippen LogP contribution < -0.4 is 0 Å². The highest BCUT2D eigenvalue weighted by Crippen LogP contribution is 2.33. The van der Waals surface area contributed by atoms with Gasteiger partial charge in [0.25, 0.3) is 5.78 Å². The van der Waals surface area contributed by atoms with Gasteiger partial charge in [0.1, 0.15) is 0 Å². The van der Waals surface area contributed by atoms with Crippen molar-refractivity contribution in [1.29, 1.82) is 0 Å². The summed E-state index contributed by atoms with van der Waals surface area (Å²) in [6, 6.07) is 5.55. The lowest BCUT2D eigenvalue weighted by atomic mass is 9.82. The van der Waals surface area contributed by atoms with Crippen LogP contribution in [0.15, 0.2) is 24.3 Å². The van der Waals surface area contributed by atoms with Crippen molar-refractivity contribution in [3.63, 3.8) is 0 Å². The Kier molecular flexibility index (Phi) is 7.90. The van der Waals surface area contributed by atoms with E-state index in [4.69, 9.17) is 0 Å². The summed E-state index contributed by atoms with van der Waals surface area (Å²) in [5.41, 5.74) is -0.222. The zero-order valence-electron chi connectivity index (χ0n) is 14.0. The number of hydrogen-bond acceptors (Lipinski definition) is 3. The van der Waals surface area contributed by atoms with Crippen LogP contribution in [0, 0.1) is 0 Å². The Morgan fingerprint density at radius 3 is 2.33 bits per heavy atom. The number of aliphatic hydroxyl groups is 2. The van der Waals surface area contributed by atoms with Crippen molar-refractivity contribution >= 4 is 5.78 Å². The Morgan fingerprint density at radius 2 is 1.79 bits per heavy atom. The average molecular weight is 346 g/mol.